The van der Waals surface area contributed by atoms with E-state index in [-0.39, 0.29) is 5.41 Å². The van der Waals surface area contributed by atoms with Crippen LogP contribution in [-0.2, 0) is 5.41 Å². The van der Waals surface area contributed by atoms with Crippen molar-refractivity contribution in [1.82, 2.24) is 8.75 Å². The first-order valence-corrected chi connectivity index (χ1v) is 9.68. The van der Waals surface area contributed by atoms with Gasteiger partial charge < -0.3 is 0 Å². The zero-order valence-corrected chi connectivity index (χ0v) is 16.2. The monoisotopic (exact) mass is 356 g/mol. The van der Waals surface area contributed by atoms with Gasteiger partial charge in [-0.25, -0.2) is 0 Å². The Morgan fingerprint density at radius 3 is 2.19 bits per heavy atom. The lowest BCUT2D eigenvalue weighted by molar-refractivity contribution is 0.660. The van der Waals surface area contributed by atoms with Crippen molar-refractivity contribution in [3.8, 4) is 22.3 Å². The Bertz CT molecular complexity index is 1180. The van der Waals surface area contributed by atoms with Crippen LogP contribution in [-0.4, -0.2) is 8.75 Å². The highest BCUT2D eigenvalue weighted by molar-refractivity contribution is 7.00. The summed E-state index contributed by atoms with van der Waals surface area (Å²) in [4.78, 5) is 0. The average molecular weight is 356 g/mol. The summed E-state index contributed by atoms with van der Waals surface area (Å²) in [6.07, 6.45) is 0. The summed E-state index contributed by atoms with van der Waals surface area (Å²) in [7, 11) is 0. The third-order valence-electron chi connectivity index (χ3n) is 5.76. The standard InChI is InChI=1S/C23H20N2S/c1-13-5-8-17-18-10-7-15(12-20(18)23(3,4)19(17)11-13)16-9-6-14(2)21-22(16)25-26-24-21/h5-12H,1-4H3. The third-order valence-corrected chi connectivity index (χ3v) is 6.29. The van der Waals surface area contributed by atoms with Crippen LogP contribution in [0.2, 0.25) is 0 Å². The van der Waals surface area contributed by atoms with Crippen LogP contribution in [0.5, 0.6) is 0 Å². The molecule has 0 aliphatic heterocycles. The van der Waals surface area contributed by atoms with E-state index in [1.807, 2.05) is 0 Å². The van der Waals surface area contributed by atoms with Gasteiger partial charge in [0.25, 0.3) is 0 Å². The number of nitrogens with zero attached hydrogens (tertiary/aromatic N) is 2. The predicted molar refractivity (Wildman–Crippen MR) is 110 cm³/mol. The minimum atomic E-state index is 0.0107. The van der Waals surface area contributed by atoms with Gasteiger partial charge in [0.05, 0.1) is 11.7 Å². The highest BCUT2D eigenvalue weighted by atomic mass is 32.1. The van der Waals surface area contributed by atoms with E-state index in [2.05, 4.69) is 85.0 Å². The van der Waals surface area contributed by atoms with Gasteiger partial charge in [0.1, 0.15) is 11.0 Å². The second kappa shape index (κ2) is 5.24. The molecule has 0 radical (unpaired) electrons. The van der Waals surface area contributed by atoms with Crippen molar-refractivity contribution in [3.63, 3.8) is 0 Å². The Balaban J connectivity index is 1.75. The van der Waals surface area contributed by atoms with Crippen LogP contribution in [0.3, 0.4) is 0 Å². The molecule has 1 heterocycles. The summed E-state index contributed by atoms with van der Waals surface area (Å²) in [5, 5.41) is 0. The summed E-state index contributed by atoms with van der Waals surface area (Å²) >= 11 is 1.29. The molecule has 0 atom stereocenters. The lowest BCUT2D eigenvalue weighted by atomic mass is 9.81. The number of fused-ring (bicyclic) bond motifs is 4. The molecule has 0 fully saturated rings. The molecule has 0 unspecified atom stereocenters. The maximum atomic E-state index is 4.57. The van der Waals surface area contributed by atoms with Crippen molar-refractivity contribution in [2.75, 3.05) is 0 Å². The molecule has 0 saturated carbocycles. The van der Waals surface area contributed by atoms with E-state index < -0.39 is 0 Å². The molecule has 0 saturated heterocycles. The molecule has 128 valence electrons. The fourth-order valence-electron chi connectivity index (χ4n) is 4.24. The molecule has 5 rings (SSSR count). The van der Waals surface area contributed by atoms with Gasteiger partial charge in [-0.3, -0.25) is 0 Å². The Morgan fingerprint density at radius 2 is 1.38 bits per heavy atom. The topological polar surface area (TPSA) is 25.8 Å². The Hall–Kier alpha value is -2.52. The summed E-state index contributed by atoms with van der Waals surface area (Å²) in [5.74, 6) is 0. The molecule has 2 nitrogen and oxygen atoms in total. The Labute approximate surface area is 157 Å². The maximum absolute atomic E-state index is 4.57. The largest absolute Gasteiger partial charge is 0.173 e. The molecule has 3 heteroatoms. The van der Waals surface area contributed by atoms with Crippen LogP contribution in [0.25, 0.3) is 33.3 Å². The second-order valence-electron chi connectivity index (χ2n) is 7.83. The van der Waals surface area contributed by atoms with Crippen molar-refractivity contribution in [1.29, 1.82) is 0 Å². The van der Waals surface area contributed by atoms with E-state index in [9.17, 15) is 0 Å². The second-order valence-corrected chi connectivity index (χ2v) is 8.35. The van der Waals surface area contributed by atoms with E-state index in [4.69, 9.17) is 0 Å². The molecule has 4 aromatic rings. The lowest BCUT2D eigenvalue weighted by Gasteiger charge is -2.22. The SMILES string of the molecule is Cc1ccc2c(c1)C(C)(C)c1cc(-c3ccc(C)c4nsnc34)ccc1-2. The van der Waals surface area contributed by atoms with Crippen molar-refractivity contribution in [2.24, 2.45) is 0 Å². The molecule has 0 N–H and O–H groups in total. The van der Waals surface area contributed by atoms with Crippen LogP contribution in [0.1, 0.15) is 36.1 Å². The van der Waals surface area contributed by atoms with Crippen molar-refractivity contribution in [2.45, 2.75) is 33.1 Å². The van der Waals surface area contributed by atoms with Gasteiger partial charge in [-0.05, 0) is 53.3 Å². The Morgan fingerprint density at radius 1 is 0.731 bits per heavy atom. The first kappa shape index (κ1) is 15.7. The van der Waals surface area contributed by atoms with Crippen molar-refractivity contribution < 1.29 is 0 Å². The van der Waals surface area contributed by atoms with Gasteiger partial charge in [-0.15, -0.1) is 0 Å². The molecule has 1 aliphatic rings. The smallest absolute Gasteiger partial charge is 0.112 e. The minimum absolute atomic E-state index is 0.0107. The molecule has 1 aliphatic carbocycles. The summed E-state index contributed by atoms with van der Waals surface area (Å²) < 4.78 is 9.05. The third kappa shape index (κ3) is 2.04. The predicted octanol–water partition coefficient (Wildman–Crippen LogP) is 6.28. The summed E-state index contributed by atoms with van der Waals surface area (Å²) in [6, 6.07) is 18.0. The summed E-state index contributed by atoms with van der Waals surface area (Å²) in [6.45, 7) is 8.92. The van der Waals surface area contributed by atoms with Crippen LogP contribution < -0.4 is 0 Å². The van der Waals surface area contributed by atoms with Crippen LogP contribution in [0.15, 0.2) is 48.5 Å². The van der Waals surface area contributed by atoms with Gasteiger partial charge >= 0.3 is 0 Å². The highest BCUT2D eigenvalue weighted by Gasteiger charge is 2.35. The van der Waals surface area contributed by atoms with E-state index in [1.165, 1.54) is 56.2 Å². The van der Waals surface area contributed by atoms with E-state index in [0.717, 1.165) is 11.0 Å². The number of rotatable bonds is 1. The number of hydrogen-bond donors (Lipinski definition) is 0. The van der Waals surface area contributed by atoms with Crippen molar-refractivity contribution in [3.05, 3.63) is 70.8 Å². The highest BCUT2D eigenvalue weighted by Crippen LogP contribution is 2.50. The summed E-state index contributed by atoms with van der Waals surface area (Å²) in [5.41, 5.74) is 12.5. The van der Waals surface area contributed by atoms with Crippen LogP contribution in [0.4, 0.5) is 0 Å². The lowest BCUT2D eigenvalue weighted by Crippen LogP contribution is -2.15. The molecule has 0 amide bonds. The number of benzene rings is 3. The van der Waals surface area contributed by atoms with Crippen LogP contribution in [0, 0.1) is 13.8 Å². The molecular formula is C23H20N2S. The molecule has 26 heavy (non-hydrogen) atoms. The van der Waals surface area contributed by atoms with Gasteiger partial charge in [0.2, 0.25) is 0 Å². The zero-order chi connectivity index (χ0) is 18.1. The molecule has 3 aromatic carbocycles. The van der Waals surface area contributed by atoms with Crippen molar-refractivity contribution >= 4 is 22.8 Å². The maximum Gasteiger partial charge on any atom is 0.112 e. The molecule has 0 spiro atoms. The normalized spacial score (nSPS) is 14.5. The first-order chi connectivity index (χ1) is 12.5. The van der Waals surface area contributed by atoms with Gasteiger partial charge in [-0.2, -0.15) is 8.75 Å². The number of hydrogen-bond acceptors (Lipinski definition) is 3. The fourth-order valence-corrected chi connectivity index (χ4v) is 4.86. The average Bonchev–Trinajstić information content (AvgIpc) is 3.19. The Kier molecular flexibility index (Phi) is 3.17. The van der Waals surface area contributed by atoms with Gasteiger partial charge in [0, 0.05) is 11.0 Å². The van der Waals surface area contributed by atoms with E-state index in [0.29, 0.717) is 0 Å². The molecule has 0 bridgehead atoms. The van der Waals surface area contributed by atoms with E-state index in [1.54, 1.807) is 0 Å². The molecular weight excluding hydrogens is 336 g/mol. The van der Waals surface area contributed by atoms with E-state index >= 15 is 0 Å². The fraction of sp³-hybridized carbons (Fsp3) is 0.217. The van der Waals surface area contributed by atoms with Gasteiger partial charge in [-0.1, -0.05) is 61.9 Å². The first-order valence-electron chi connectivity index (χ1n) is 8.95. The number of aromatic nitrogens is 2. The quantitative estimate of drug-likeness (QED) is 0.401. The number of aryl methyl sites for hydroxylation is 2. The molecule has 1 aromatic heterocycles. The minimum Gasteiger partial charge on any atom is -0.173 e. The zero-order valence-electron chi connectivity index (χ0n) is 15.4. The van der Waals surface area contributed by atoms with Crippen LogP contribution >= 0.6 is 11.7 Å². The van der Waals surface area contributed by atoms with Gasteiger partial charge in [0.15, 0.2) is 0 Å².